The molecule has 0 aromatic heterocycles. The topological polar surface area (TPSA) is 91.8 Å². The number of para-hydroxylation sites is 1. The summed E-state index contributed by atoms with van der Waals surface area (Å²) in [5.41, 5.74) is 1.90. The van der Waals surface area contributed by atoms with Gasteiger partial charge in [0.1, 0.15) is 11.9 Å². The monoisotopic (exact) mass is 546 g/mol. The predicted octanol–water partition coefficient (Wildman–Crippen LogP) is 3.04. The van der Waals surface area contributed by atoms with Crippen molar-refractivity contribution in [3.05, 3.63) is 59.7 Å². The molecule has 0 saturated carbocycles. The van der Waals surface area contributed by atoms with Crippen LogP contribution in [0.4, 0.5) is 0 Å². The molecule has 2 aromatic carbocycles. The Morgan fingerprint density at radius 2 is 1.87 bits per heavy atom. The number of hydrogen-bond donors (Lipinski definition) is 3. The highest BCUT2D eigenvalue weighted by molar-refractivity contribution is 14.0. The minimum absolute atomic E-state index is 0. The maximum atomic E-state index is 12.0. The van der Waals surface area contributed by atoms with Gasteiger partial charge in [0.15, 0.2) is 5.96 Å². The summed E-state index contributed by atoms with van der Waals surface area (Å²) in [5, 5.41) is 6.46. The summed E-state index contributed by atoms with van der Waals surface area (Å²) < 4.78 is 32.2. The maximum Gasteiger partial charge on any atom is 0.240 e. The van der Waals surface area contributed by atoms with Crippen molar-refractivity contribution in [1.82, 2.24) is 15.4 Å². The zero-order valence-electron chi connectivity index (χ0n) is 17.8. The van der Waals surface area contributed by atoms with Gasteiger partial charge in [-0.1, -0.05) is 30.3 Å². The van der Waals surface area contributed by atoms with Crippen LogP contribution in [0.15, 0.2) is 58.4 Å². The number of rotatable bonds is 9. The van der Waals surface area contributed by atoms with Crippen LogP contribution in [0.25, 0.3) is 0 Å². The second kappa shape index (κ2) is 12.8. The van der Waals surface area contributed by atoms with Gasteiger partial charge in [0, 0.05) is 6.54 Å². The zero-order valence-corrected chi connectivity index (χ0v) is 21.0. The number of hydrogen-bond acceptors (Lipinski definition) is 4. The zero-order chi connectivity index (χ0) is 21.3. The molecule has 2 rings (SSSR count). The lowest BCUT2D eigenvalue weighted by Gasteiger charge is -2.18. The number of sulfonamides is 1. The van der Waals surface area contributed by atoms with Crippen molar-refractivity contribution >= 4 is 40.0 Å². The number of nitrogens with zero attached hydrogens (tertiary/aromatic N) is 1. The molecular formula is C21H31IN4O3S. The van der Waals surface area contributed by atoms with Gasteiger partial charge in [-0.3, -0.25) is 0 Å². The van der Waals surface area contributed by atoms with E-state index in [1.807, 2.05) is 51.1 Å². The fourth-order valence-corrected chi connectivity index (χ4v) is 3.43. The maximum absolute atomic E-state index is 12.0. The van der Waals surface area contributed by atoms with Crippen LogP contribution in [0, 0.1) is 6.92 Å². The highest BCUT2D eigenvalue weighted by Gasteiger charge is 2.11. The van der Waals surface area contributed by atoms with Crippen LogP contribution >= 0.6 is 24.0 Å². The van der Waals surface area contributed by atoms with Gasteiger partial charge in [-0.05, 0) is 57.1 Å². The molecule has 0 heterocycles. The Hall–Kier alpha value is -1.85. The smallest absolute Gasteiger partial charge is 0.240 e. The van der Waals surface area contributed by atoms with Crippen molar-refractivity contribution in [3.63, 3.8) is 0 Å². The summed E-state index contributed by atoms with van der Waals surface area (Å²) >= 11 is 0. The van der Waals surface area contributed by atoms with Crippen molar-refractivity contribution in [3.8, 4) is 5.75 Å². The Bertz CT molecular complexity index is 935. The van der Waals surface area contributed by atoms with Crippen LogP contribution in [0.5, 0.6) is 5.75 Å². The van der Waals surface area contributed by atoms with E-state index in [0.717, 1.165) is 16.9 Å². The first-order valence-corrected chi connectivity index (χ1v) is 11.1. The third kappa shape index (κ3) is 8.11. The lowest BCUT2D eigenvalue weighted by atomic mass is 10.2. The molecule has 7 nitrogen and oxygen atoms in total. The fraction of sp³-hybridized carbons (Fsp3) is 0.381. The molecule has 9 heteroatoms. The Morgan fingerprint density at radius 3 is 2.53 bits per heavy atom. The second-order valence-electron chi connectivity index (χ2n) is 6.62. The van der Waals surface area contributed by atoms with Gasteiger partial charge in [-0.2, -0.15) is 0 Å². The molecule has 2 aromatic rings. The van der Waals surface area contributed by atoms with Crippen molar-refractivity contribution in [2.24, 2.45) is 4.99 Å². The fourth-order valence-electron chi connectivity index (χ4n) is 2.63. The highest BCUT2D eigenvalue weighted by Crippen LogP contribution is 2.17. The minimum Gasteiger partial charge on any atom is -0.489 e. The van der Waals surface area contributed by atoms with E-state index in [1.165, 1.54) is 7.05 Å². The van der Waals surface area contributed by atoms with Gasteiger partial charge >= 0.3 is 0 Å². The van der Waals surface area contributed by atoms with Crippen LogP contribution in [0.1, 0.15) is 25.0 Å². The van der Waals surface area contributed by atoms with Gasteiger partial charge in [0.25, 0.3) is 0 Å². The molecule has 166 valence electrons. The molecule has 0 saturated heterocycles. The third-order valence-corrected chi connectivity index (χ3v) is 5.63. The van der Waals surface area contributed by atoms with E-state index in [-0.39, 0.29) is 35.0 Å². The summed E-state index contributed by atoms with van der Waals surface area (Å²) in [5.74, 6) is 1.51. The highest BCUT2D eigenvalue weighted by atomic mass is 127. The van der Waals surface area contributed by atoms with Crippen LogP contribution < -0.4 is 20.1 Å². The molecule has 0 spiro atoms. The molecule has 0 aliphatic heterocycles. The van der Waals surface area contributed by atoms with Crippen molar-refractivity contribution in [2.75, 3.05) is 20.1 Å². The molecule has 3 N–H and O–H groups in total. The molecule has 0 bridgehead atoms. The van der Waals surface area contributed by atoms with Gasteiger partial charge in [-0.25, -0.2) is 18.1 Å². The summed E-state index contributed by atoms with van der Waals surface area (Å²) in [6.07, 6.45) is -0.0518. The first kappa shape index (κ1) is 26.2. The molecule has 0 radical (unpaired) electrons. The quantitative estimate of drug-likeness (QED) is 0.256. The number of guanidine groups is 1. The van der Waals surface area contributed by atoms with E-state index < -0.39 is 10.0 Å². The first-order valence-electron chi connectivity index (χ1n) is 9.62. The Labute approximate surface area is 196 Å². The molecular weight excluding hydrogens is 515 g/mol. The molecule has 0 amide bonds. The van der Waals surface area contributed by atoms with E-state index in [1.54, 1.807) is 18.2 Å². The SMILES string of the molecule is CCNC(=NCc1cccc(S(=O)(=O)NC)c1)NCC(C)Oc1ccccc1C.I. The van der Waals surface area contributed by atoms with Gasteiger partial charge in [-0.15, -0.1) is 24.0 Å². The van der Waals surface area contributed by atoms with Gasteiger partial charge in [0.05, 0.1) is 18.0 Å². The molecule has 0 fully saturated rings. The summed E-state index contributed by atoms with van der Waals surface area (Å²) in [4.78, 5) is 4.78. The summed E-state index contributed by atoms with van der Waals surface area (Å²) in [6.45, 7) is 7.65. The summed E-state index contributed by atoms with van der Waals surface area (Å²) in [6, 6.07) is 14.7. The molecule has 1 atom stereocenters. The van der Waals surface area contributed by atoms with E-state index >= 15 is 0 Å². The molecule has 0 aliphatic carbocycles. The second-order valence-corrected chi connectivity index (χ2v) is 8.51. The van der Waals surface area contributed by atoms with Crippen LogP contribution in [0.3, 0.4) is 0 Å². The molecule has 30 heavy (non-hydrogen) atoms. The van der Waals surface area contributed by atoms with Crippen molar-refractivity contribution in [2.45, 2.75) is 38.3 Å². The average molecular weight is 546 g/mol. The summed E-state index contributed by atoms with van der Waals surface area (Å²) in [7, 11) is -2.07. The predicted molar refractivity (Wildman–Crippen MR) is 132 cm³/mol. The standard InChI is InChI=1S/C21H30N4O3S.HI/c1-5-23-21(24-14-17(3)28-20-12-7-6-9-16(20)2)25-15-18-10-8-11-19(13-18)29(26,27)22-4;/h6-13,17,22H,5,14-15H2,1-4H3,(H2,23,24,25);1H. The Morgan fingerprint density at radius 1 is 1.13 bits per heavy atom. The largest absolute Gasteiger partial charge is 0.489 e. The lowest BCUT2D eigenvalue weighted by Crippen LogP contribution is -2.41. The number of ether oxygens (including phenoxy) is 1. The van der Waals surface area contributed by atoms with Gasteiger partial charge in [0.2, 0.25) is 10.0 Å². The van der Waals surface area contributed by atoms with E-state index in [0.29, 0.717) is 25.6 Å². The number of nitrogens with one attached hydrogen (secondary N) is 3. The Balaban J connectivity index is 0.00000450. The van der Waals surface area contributed by atoms with Crippen LogP contribution in [-0.2, 0) is 16.6 Å². The minimum atomic E-state index is -3.47. The average Bonchev–Trinajstić information content (AvgIpc) is 2.72. The van der Waals surface area contributed by atoms with E-state index in [2.05, 4.69) is 20.3 Å². The van der Waals surface area contributed by atoms with Gasteiger partial charge < -0.3 is 15.4 Å². The molecule has 0 aliphatic rings. The van der Waals surface area contributed by atoms with Crippen molar-refractivity contribution < 1.29 is 13.2 Å². The first-order chi connectivity index (χ1) is 13.9. The molecule has 1 unspecified atom stereocenters. The number of benzene rings is 2. The third-order valence-electron chi connectivity index (χ3n) is 4.22. The number of aryl methyl sites for hydroxylation is 1. The van der Waals surface area contributed by atoms with E-state index in [9.17, 15) is 8.42 Å². The lowest BCUT2D eigenvalue weighted by molar-refractivity contribution is 0.222. The van der Waals surface area contributed by atoms with Crippen LogP contribution in [-0.4, -0.2) is 40.6 Å². The van der Waals surface area contributed by atoms with Crippen molar-refractivity contribution in [1.29, 1.82) is 0 Å². The Kier molecular flexibility index (Phi) is 11.1. The number of halogens is 1. The van der Waals surface area contributed by atoms with Crippen LogP contribution in [0.2, 0.25) is 0 Å². The van der Waals surface area contributed by atoms with E-state index in [4.69, 9.17) is 4.74 Å². The number of aliphatic imine (C=N–C) groups is 1. The normalized spacial score (nSPS) is 12.6.